The Morgan fingerprint density at radius 1 is 1.04 bits per heavy atom. The molecule has 24 heavy (non-hydrogen) atoms. The van der Waals surface area contributed by atoms with Crippen LogP contribution in [0.25, 0.3) is 0 Å². The molecule has 0 amide bonds. The number of hydrogen-bond donors (Lipinski definition) is 2. The third kappa shape index (κ3) is 6.09. The Kier molecular flexibility index (Phi) is 7.55. The van der Waals surface area contributed by atoms with E-state index in [1.165, 1.54) is 6.07 Å². The van der Waals surface area contributed by atoms with Crippen molar-refractivity contribution in [3.8, 4) is 0 Å². The van der Waals surface area contributed by atoms with Gasteiger partial charge in [0.15, 0.2) is 16.7 Å². The minimum Gasteiger partial charge on any atom is -0.362 e. The lowest BCUT2D eigenvalue weighted by molar-refractivity contribution is 0.509. The number of nitrogens with one attached hydrogen (secondary N) is 2. The van der Waals surface area contributed by atoms with Gasteiger partial charge in [0.05, 0.1) is 10.0 Å². The summed E-state index contributed by atoms with van der Waals surface area (Å²) in [4.78, 5) is 0. The summed E-state index contributed by atoms with van der Waals surface area (Å²) in [5, 5.41) is 7.26. The Bertz CT molecular complexity index is 729. The van der Waals surface area contributed by atoms with Crippen molar-refractivity contribution in [1.82, 2.24) is 5.32 Å². The Labute approximate surface area is 158 Å². The third-order valence-corrected chi connectivity index (χ3v) is 4.98. The minimum absolute atomic E-state index is 0.358. The van der Waals surface area contributed by atoms with Crippen molar-refractivity contribution in [2.75, 3.05) is 17.6 Å². The second kappa shape index (κ2) is 9.42. The summed E-state index contributed by atoms with van der Waals surface area (Å²) >= 11 is 18.7. The smallest absolute Gasteiger partial charge is 0.170 e. The average molecular weight is 407 g/mol. The van der Waals surface area contributed by atoms with E-state index in [0.717, 1.165) is 29.2 Å². The number of benzene rings is 2. The van der Waals surface area contributed by atoms with Crippen LogP contribution in [0.2, 0.25) is 10.0 Å². The molecule has 0 bridgehead atoms. The molecule has 0 heterocycles. The maximum Gasteiger partial charge on any atom is 0.170 e. The first kappa shape index (κ1) is 19.2. The summed E-state index contributed by atoms with van der Waals surface area (Å²) in [5.74, 6) is -0.181. The van der Waals surface area contributed by atoms with Crippen molar-refractivity contribution in [1.29, 1.82) is 0 Å². The molecule has 0 radical (unpaired) electrons. The molecule has 0 aliphatic rings. The maximum absolute atomic E-state index is 13.1. The normalized spacial score (nSPS) is 10.5. The average Bonchev–Trinajstić information content (AvgIpc) is 2.54. The van der Waals surface area contributed by atoms with Crippen molar-refractivity contribution in [2.45, 2.75) is 5.75 Å². The van der Waals surface area contributed by atoms with Crippen LogP contribution >= 0.6 is 47.2 Å². The molecule has 128 valence electrons. The molecule has 0 aliphatic heterocycles. The largest absolute Gasteiger partial charge is 0.362 e. The highest BCUT2D eigenvalue weighted by Crippen LogP contribution is 2.24. The van der Waals surface area contributed by atoms with Gasteiger partial charge in [0.25, 0.3) is 0 Å². The molecular formula is C16H14Cl2F2N2S2. The molecule has 0 atom stereocenters. The van der Waals surface area contributed by atoms with E-state index in [-0.39, 0.29) is 0 Å². The van der Waals surface area contributed by atoms with Crippen LogP contribution in [-0.2, 0) is 5.75 Å². The highest BCUT2D eigenvalue weighted by molar-refractivity contribution is 7.98. The zero-order valence-electron chi connectivity index (χ0n) is 12.4. The fraction of sp³-hybridized carbons (Fsp3) is 0.188. The summed E-state index contributed by atoms with van der Waals surface area (Å²) in [6, 6.07) is 9.09. The number of halogens is 4. The molecule has 2 N–H and O–H groups in total. The molecule has 0 saturated carbocycles. The van der Waals surface area contributed by atoms with Gasteiger partial charge in [-0.1, -0.05) is 29.3 Å². The third-order valence-electron chi connectivity index (χ3n) is 2.96. The Balaban J connectivity index is 1.67. The molecule has 2 rings (SSSR count). The van der Waals surface area contributed by atoms with Crippen LogP contribution in [0, 0.1) is 11.6 Å². The summed E-state index contributed by atoms with van der Waals surface area (Å²) in [6.45, 7) is 0.640. The highest BCUT2D eigenvalue weighted by atomic mass is 35.5. The monoisotopic (exact) mass is 406 g/mol. The van der Waals surface area contributed by atoms with E-state index >= 15 is 0 Å². The lowest BCUT2D eigenvalue weighted by Gasteiger charge is -2.10. The van der Waals surface area contributed by atoms with Crippen LogP contribution in [0.3, 0.4) is 0 Å². The second-order valence-corrected chi connectivity index (χ2v) is 7.14. The fourth-order valence-corrected chi connectivity index (χ4v) is 3.15. The molecule has 0 unspecified atom stereocenters. The van der Waals surface area contributed by atoms with Crippen molar-refractivity contribution in [2.24, 2.45) is 0 Å². The van der Waals surface area contributed by atoms with E-state index in [4.69, 9.17) is 35.4 Å². The van der Waals surface area contributed by atoms with Crippen molar-refractivity contribution in [3.63, 3.8) is 0 Å². The van der Waals surface area contributed by atoms with Gasteiger partial charge < -0.3 is 10.6 Å². The number of rotatable bonds is 6. The molecule has 0 spiro atoms. The molecule has 2 aromatic carbocycles. The standard InChI is InChI=1S/C16H14Cl2F2N2S2/c17-12-3-1-10(7-13(12)18)9-24-6-5-21-16(23)22-11-2-4-14(19)15(20)8-11/h1-4,7-8H,5-6,9H2,(H2,21,22,23). The first-order valence-electron chi connectivity index (χ1n) is 6.97. The van der Waals surface area contributed by atoms with Crippen LogP contribution in [0.5, 0.6) is 0 Å². The van der Waals surface area contributed by atoms with E-state index in [0.29, 0.717) is 27.4 Å². The number of hydrogen-bond acceptors (Lipinski definition) is 2. The van der Waals surface area contributed by atoms with Gasteiger partial charge >= 0.3 is 0 Å². The van der Waals surface area contributed by atoms with Gasteiger partial charge in [-0.2, -0.15) is 11.8 Å². The van der Waals surface area contributed by atoms with Gasteiger partial charge in [0, 0.05) is 29.8 Å². The lowest BCUT2D eigenvalue weighted by Crippen LogP contribution is -2.30. The quantitative estimate of drug-likeness (QED) is 0.489. The predicted octanol–water partition coefficient (Wildman–Crippen LogP) is 5.49. The zero-order valence-corrected chi connectivity index (χ0v) is 15.6. The second-order valence-electron chi connectivity index (χ2n) is 4.81. The van der Waals surface area contributed by atoms with E-state index in [1.54, 1.807) is 17.8 Å². The topological polar surface area (TPSA) is 24.1 Å². The van der Waals surface area contributed by atoms with Gasteiger partial charge in [0.2, 0.25) is 0 Å². The minimum atomic E-state index is -0.917. The lowest BCUT2D eigenvalue weighted by atomic mass is 10.2. The first-order chi connectivity index (χ1) is 11.5. The van der Waals surface area contributed by atoms with Crippen LogP contribution in [0.4, 0.5) is 14.5 Å². The van der Waals surface area contributed by atoms with Crippen molar-refractivity contribution >= 4 is 58.0 Å². The number of thioether (sulfide) groups is 1. The van der Waals surface area contributed by atoms with Gasteiger partial charge in [-0.05, 0) is 42.0 Å². The Morgan fingerprint density at radius 3 is 2.54 bits per heavy atom. The van der Waals surface area contributed by atoms with E-state index in [2.05, 4.69) is 10.6 Å². The molecule has 0 saturated heterocycles. The van der Waals surface area contributed by atoms with E-state index in [1.807, 2.05) is 12.1 Å². The van der Waals surface area contributed by atoms with E-state index < -0.39 is 11.6 Å². The van der Waals surface area contributed by atoms with Crippen molar-refractivity contribution < 1.29 is 8.78 Å². The maximum atomic E-state index is 13.1. The summed E-state index contributed by atoms with van der Waals surface area (Å²) in [6.07, 6.45) is 0. The molecule has 8 heteroatoms. The van der Waals surface area contributed by atoms with Crippen LogP contribution < -0.4 is 10.6 Å². The molecular weight excluding hydrogens is 393 g/mol. The van der Waals surface area contributed by atoms with Gasteiger partial charge in [-0.15, -0.1) is 0 Å². The Hall–Kier alpha value is -1.08. The van der Waals surface area contributed by atoms with Crippen molar-refractivity contribution in [3.05, 3.63) is 63.6 Å². The summed E-state index contributed by atoms with van der Waals surface area (Å²) < 4.78 is 25.9. The highest BCUT2D eigenvalue weighted by Gasteiger charge is 2.04. The Morgan fingerprint density at radius 2 is 1.83 bits per heavy atom. The van der Waals surface area contributed by atoms with Gasteiger partial charge in [0.1, 0.15) is 0 Å². The van der Waals surface area contributed by atoms with Crippen LogP contribution in [0.15, 0.2) is 36.4 Å². The number of thiocarbonyl (C=S) groups is 1. The molecule has 0 fully saturated rings. The molecule has 0 aliphatic carbocycles. The molecule has 2 aromatic rings. The summed E-state index contributed by atoms with van der Waals surface area (Å²) in [7, 11) is 0. The molecule has 2 nitrogen and oxygen atoms in total. The van der Waals surface area contributed by atoms with Gasteiger partial charge in [-0.25, -0.2) is 8.78 Å². The predicted molar refractivity (Wildman–Crippen MR) is 103 cm³/mol. The van der Waals surface area contributed by atoms with Crippen LogP contribution in [0.1, 0.15) is 5.56 Å². The van der Waals surface area contributed by atoms with Gasteiger partial charge in [-0.3, -0.25) is 0 Å². The fourth-order valence-electron chi connectivity index (χ4n) is 1.81. The summed E-state index contributed by atoms with van der Waals surface area (Å²) in [5.41, 5.74) is 1.49. The van der Waals surface area contributed by atoms with E-state index in [9.17, 15) is 8.78 Å². The molecule has 0 aromatic heterocycles. The number of anilines is 1. The van der Waals surface area contributed by atoms with Crippen LogP contribution in [-0.4, -0.2) is 17.4 Å². The zero-order chi connectivity index (χ0) is 17.5. The first-order valence-corrected chi connectivity index (χ1v) is 9.29. The SMILES string of the molecule is Fc1ccc(NC(=S)NCCSCc2ccc(Cl)c(Cl)c2)cc1F.